The van der Waals surface area contributed by atoms with Gasteiger partial charge in [-0.15, -0.1) is 0 Å². The highest BCUT2D eigenvalue weighted by atomic mass is 16.1. The molecule has 2 rings (SSSR count). The number of Topliss-reactive ketones (excluding diaryl/α,β-unsaturated/α-hetero) is 1. The summed E-state index contributed by atoms with van der Waals surface area (Å²) in [6, 6.07) is 0.00801. The topological polar surface area (TPSA) is 34.4 Å². The number of hydrogen-bond acceptors (Lipinski definition) is 2. The molecule has 2 fully saturated rings. The molecule has 1 unspecified atom stereocenters. The molecule has 1 saturated carbocycles. The van der Waals surface area contributed by atoms with E-state index in [0.717, 1.165) is 25.8 Å². The van der Waals surface area contributed by atoms with Crippen molar-refractivity contribution in [2.45, 2.75) is 43.7 Å². The molecule has 0 spiro atoms. The van der Waals surface area contributed by atoms with E-state index in [1.807, 2.05) is 14.1 Å². The summed E-state index contributed by atoms with van der Waals surface area (Å²) >= 11 is 0. The molecule has 0 amide bonds. The predicted molar refractivity (Wildman–Crippen MR) is 55.3 cm³/mol. The van der Waals surface area contributed by atoms with Crippen LogP contribution in [0.3, 0.4) is 0 Å². The Morgan fingerprint density at radius 1 is 1.36 bits per heavy atom. The van der Waals surface area contributed by atoms with E-state index in [1.54, 1.807) is 0 Å². The monoisotopic (exact) mass is 195 g/mol. The van der Waals surface area contributed by atoms with Crippen molar-refractivity contribution < 1.29 is 4.79 Å². The van der Waals surface area contributed by atoms with Gasteiger partial charge in [-0.3, -0.25) is 9.69 Å². The summed E-state index contributed by atoms with van der Waals surface area (Å²) in [6.07, 6.45) is 5.38. The Kier molecular flexibility index (Phi) is 2.62. The maximum absolute atomic E-state index is 12.2. The Bertz CT molecular complexity index is 227. The van der Waals surface area contributed by atoms with Crippen molar-refractivity contribution in [2.75, 3.05) is 20.6 Å². The molecule has 0 bridgehead atoms. The van der Waals surface area contributed by atoms with Gasteiger partial charge in [0.25, 0.3) is 0 Å². The van der Waals surface area contributed by atoms with Crippen LogP contribution < -0.4 is 5.32 Å². The largest absolute Gasteiger partial charge is 0.297 e. The van der Waals surface area contributed by atoms with E-state index in [0.29, 0.717) is 5.78 Å². The van der Waals surface area contributed by atoms with Crippen LogP contribution in [0.1, 0.15) is 32.1 Å². The normalized spacial score (nSPS) is 30.4. The van der Waals surface area contributed by atoms with E-state index in [4.69, 9.17) is 0 Å². The first-order chi connectivity index (χ1) is 6.67. The molecule has 79 valence electrons. The van der Waals surface area contributed by atoms with Crippen LogP contribution in [-0.2, 0) is 4.79 Å². The first-order valence-electron chi connectivity index (χ1n) is 5.55. The van der Waals surface area contributed by atoms with Crippen LogP contribution in [-0.4, -0.2) is 42.9 Å². The lowest BCUT2D eigenvalue weighted by Crippen LogP contribution is -2.48. The van der Waals surface area contributed by atoms with Crippen LogP contribution in [0.5, 0.6) is 0 Å². The van der Waals surface area contributed by atoms with Gasteiger partial charge in [0.2, 0.25) is 0 Å². The third kappa shape index (κ3) is 1.59. The molecule has 0 aromatic carbocycles. The number of carbonyl (C=O) groups is 1. The fourth-order valence-electron chi connectivity index (χ4n) is 2.34. The van der Waals surface area contributed by atoms with Gasteiger partial charge in [0.05, 0.1) is 11.6 Å². The number of nitrogens with zero attached hydrogens (tertiary/aromatic N) is 2. The van der Waals surface area contributed by atoms with E-state index >= 15 is 0 Å². The number of ketones is 1. The smallest absolute Gasteiger partial charge is 0.171 e. The first kappa shape index (κ1) is 10.1. The predicted octanol–water partition coefficient (Wildman–Crippen LogP) is 0.807. The van der Waals surface area contributed by atoms with E-state index in [9.17, 15) is 4.79 Å². The highest BCUT2D eigenvalue weighted by Crippen LogP contribution is 2.42. The zero-order valence-electron chi connectivity index (χ0n) is 9.12. The van der Waals surface area contributed by atoms with Gasteiger partial charge >= 0.3 is 0 Å². The van der Waals surface area contributed by atoms with Crippen LogP contribution in [0.2, 0.25) is 0 Å². The molecule has 1 aliphatic carbocycles. The quantitative estimate of drug-likeness (QED) is 0.668. The maximum atomic E-state index is 12.2. The summed E-state index contributed by atoms with van der Waals surface area (Å²) in [7, 11) is 4.02. The minimum atomic E-state index is -0.133. The van der Waals surface area contributed by atoms with Gasteiger partial charge in [-0.2, -0.15) is 0 Å². The van der Waals surface area contributed by atoms with Crippen molar-refractivity contribution in [1.29, 1.82) is 0 Å². The zero-order chi connectivity index (χ0) is 10.2. The van der Waals surface area contributed by atoms with E-state index in [1.165, 1.54) is 12.8 Å². The molecule has 0 aromatic rings. The summed E-state index contributed by atoms with van der Waals surface area (Å²) in [6.45, 7) is 0.889. The molecule has 0 N–H and O–H groups in total. The van der Waals surface area contributed by atoms with Crippen molar-refractivity contribution in [3.05, 3.63) is 0 Å². The van der Waals surface area contributed by atoms with Crippen molar-refractivity contribution in [1.82, 2.24) is 10.2 Å². The Morgan fingerprint density at radius 3 is 2.50 bits per heavy atom. The lowest BCUT2D eigenvalue weighted by Gasteiger charge is -2.28. The first-order valence-corrected chi connectivity index (χ1v) is 5.55. The molecular weight excluding hydrogens is 176 g/mol. The minimum Gasteiger partial charge on any atom is -0.297 e. The van der Waals surface area contributed by atoms with Gasteiger partial charge in [0.15, 0.2) is 5.78 Å². The second kappa shape index (κ2) is 3.63. The summed E-state index contributed by atoms with van der Waals surface area (Å²) in [5, 5.41) is 4.44. The Labute approximate surface area is 85.8 Å². The number of likely N-dealkylation sites (N-methyl/N-ethyl adjacent to an activating group) is 1. The van der Waals surface area contributed by atoms with E-state index in [-0.39, 0.29) is 11.6 Å². The van der Waals surface area contributed by atoms with Crippen molar-refractivity contribution in [3.8, 4) is 0 Å². The number of piperidine rings is 1. The van der Waals surface area contributed by atoms with Gasteiger partial charge in [0.1, 0.15) is 0 Å². The van der Waals surface area contributed by atoms with Gasteiger partial charge in [0, 0.05) is 6.54 Å². The fraction of sp³-hybridized carbons (Fsp3) is 0.909. The average Bonchev–Trinajstić information content (AvgIpc) is 2.99. The maximum Gasteiger partial charge on any atom is 0.171 e. The van der Waals surface area contributed by atoms with Gasteiger partial charge in [-0.05, 0) is 39.8 Å². The molecule has 2 aliphatic rings. The highest BCUT2D eigenvalue weighted by molar-refractivity contribution is 5.95. The molecule has 14 heavy (non-hydrogen) atoms. The number of hydrogen-bond donors (Lipinski definition) is 0. The van der Waals surface area contributed by atoms with Crippen LogP contribution in [0, 0.1) is 0 Å². The average molecular weight is 195 g/mol. The second-order valence-corrected chi connectivity index (χ2v) is 4.71. The van der Waals surface area contributed by atoms with E-state index in [2.05, 4.69) is 10.2 Å². The third-order valence-corrected chi connectivity index (χ3v) is 3.58. The zero-order valence-corrected chi connectivity index (χ0v) is 9.12. The van der Waals surface area contributed by atoms with Crippen LogP contribution in [0.4, 0.5) is 0 Å². The molecule has 1 radical (unpaired) electrons. The molecular formula is C11H19N2O. The van der Waals surface area contributed by atoms with Crippen LogP contribution in [0.15, 0.2) is 0 Å². The number of carbonyl (C=O) groups excluding carboxylic acids is 1. The van der Waals surface area contributed by atoms with Gasteiger partial charge in [-0.1, -0.05) is 6.42 Å². The Balaban J connectivity index is 2.00. The second-order valence-electron chi connectivity index (χ2n) is 4.71. The van der Waals surface area contributed by atoms with Gasteiger partial charge < -0.3 is 0 Å². The molecule has 1 saturated heterocycles. The SMILES string of the molecule is CN(C)C1(C(=O)C2CCCC[N]2)CC1. The standard InChI is InChI=1S/C11H19N2O/c1-13(2)11(6-7-11)10(14)9-5-3-4-8-12-9/h9H,3-8H2,1-2H3. The van der Waals surface area contributed by atoms with Crippen LogP contribution in [0.25, 0.3) is 0 Å². The molecule has 1 atom stereocenters. The van der Waals surface area contributed by atoms with Gasteiger partial charge in [-0.25, -0.2) is 5.32 Å². The Morgan fingerprint density at radius 2 is 2.07 bits per heavy atom. The summed E-state index contributed by atoms with van der Waals surface area (Å²) in [4.78, 5) is 14.3. The summed E-state index contributed by atoms with van der Waals surface area (Å²) < 4.78 is 0. The molecule has 0 aromatic heterocycles. The third-order valence-electron chi connectivity index (χ3n) is 3.58. The lowest BCUT2D eigenvalue weighted by atomic mass is 9.95. The molecule has 3 heteroatoms. The summed E-state index contributed by atoms with van der Waals surface area (Å²) in [5.41, 5.74) is -0.133. The van der Waals surface area contributed by atoms with Crippen molar-refractivity contribution >= 4 is 5.78 Å². The van der Waals surface area contributed by atoms with Crippen molar-refractivity contribution in [3.63, 3.8) is 0 Å². The van der Waals surface area contributed by atoms with Crippen molar-refractivity contribution in [2.24, 2.45) is 0 Å². The van der Waals surface area contributed by atoms with E-state index < -0.39 is 0 Å². The number of rotatable bonds is 3. The highest BCUT2D eigenvalue weighted by Gasteiger charge is 2.53. The minimum absolute atomic E-state index is 0.00801. The fourth-order valence-corrected chi connectivity index (χ4v) is 2.34. The molecule has 1 heterocycles. The Hall–Kier alpha value is -0.410. The molecule has 1 aliphatic heterocycles. The lowest BCUT2D eigenvalue weighted by molar-refractivity contribution is -0.127. The van der Waals surface area contributed by atoms with Crippen LogP contribution >= 0.6 is 0 Å². The molecule has 3 nitrogen and oxygen atoms in total. The summed E-state index contributed by atoms with van der Waals surface area (Å²) in [5.74, 6) is 0.377.